The second-order valence-electron chi connectivity index (χ2n) is 5.40. The van der Waals surface area contributed by atoms with E-state index in [2.05, 4.69) is 6.92 Å². The van der Waals surface area contributed by atoms with Gasteiger partial charge >= 0.3 is 0 Å². The van der Waals surface area contributed by atoms with Gasteiger partial charge in [-0.05, 0) is 29.7 Å². The lowest BCUT2D eigenvalue weighted by Gasteiger charge is -2.29. The van der Waals surface area contributed by atoms with Crippen molar-refractivity contribution in [2.45, 2.75) is 19.6 Å². The Kier molecular flexibility index (Phi) is 4.32. The average Bonchev–Trinajstić information content (AvgIpc) is 2.56. The molecule has 2 nitrogen and oxygen atoms in total. The van der Waals surface area contributed by atoms with Crippen LogP contribution in [-0.4, -0.2) is 13.2 Å². The zero-order valence-electron chi connectivity index (χ0n) is 12.1. The molecule has 2 aromatic rings. The maximum atomic E-state index is 12.9. The molecule has 1 fully saturated rings. The molecule has 0 unspecified atom stereocenters. The van der Waals surface area contributed by atoms with Crippen LogP contribution in [0.15, 0.2) is 48.5 Å². The van der Waals surface area contributed by atoms with Crippen LogP contribution in [0.1, 0.15) is 25.2 Å². The van der Waals surface area contributed by atoms with Gasteiger partial charge in [-0.2, -0.15) is 0 Å². The van der Waals surface area contributed by atoms with Gasteiger partial charge in [0.2, 0.25) is 0 Å². The van der Waals surface area contributed by atoms with Gasteiger partial charge in [-0.15, -0.1) is 0 Å². The Bertz CT molecular complexity index is 569. The summed E-state index contributed by atoms with van der Waals surface area (Å²) in [5.41, 5.74) is 3.08. The molecule has 21 heavy (non-hydrogen) atoms. The van der Waals surface area contributed by atoms with E-state index in [1.807, 2.05) is 24.3 Å². The molecule has 1 aliphatic heterocycles. The molecule has 0 spiro atoms. The predicted octanol–water partition coefficient (Wildman–Crippen LogP) is 4.56. The van der Waals surface area contributed by atoms with Gasteiger partial charge in [0.25, 0.3) is 0 Å². The molecule has 0 atom stereocenters. The predicted molar refractivity (Wildman–Crippen MR) is 80.3 cm³/mol. The lowest BCUT2D eigenvalue weighted by molar-refractivity contribution is -0.205. The first kappa shape index (κ1) is 14.2. The van der Waals surface area contributed by atoms with Gasteiger partial charge in [-0.1, -0.05) is 43.3 Å². The average molecular weight is 286 g/mol. The third-order valence-corrected chi connectivity index (χ3v) is 3.90. The summed E-state index contributed by atoms with van der Waals surface area (Å²) in [6.45, 7) is 3.65. The Labute approximate surface area is 124 Å². The van der Waals surface area contributed by atoms with Gasteiger partial charge in [0, 0.05) is 11.5 Å². The van der Waals surface area contributed by atoms with Crippen molar-refractivity contribution in [3.05, 3.63) is 59.9 Å². The normalized spacial score (nSPS) is 22.2. The number of rotatable bonds is 3. The third-order valence-electron chi connectivity index (χ3n) is 3.90. The Morgan fingerprint density at radius 1 is 0.905 bits per heavy atom. The second kappa shape index (κ2) is 6.37. The van der Waals surface area contributed by atoms with Crippen molar-refractivity contribution in [1.82, 2.24) is 0 Å². The standard InChI is InChI=1S/C18H19FO2/c1-2-13-11-20-18(21-12-13)16-5-3-14(4-6-16)15-7-9-17(19)10-8-15/h3-10,13,18H,2,11-12H2,1H3. The van der Waals surface area contributed by atoms with Crippen LogP contribution in [0.2, 0.25) is 0 Å². The van der Waals surface area contributed by atoms with Gasteiger partial charge in [0.15, 0.2) is 6.29 Å². The van der Waals surface area contributed by atoms with E-state index in [0.717, 1.165) is 36.3 Å². The molecule has 0 bridgehead atoms. The summed E-state index contributed by atoms with van der Waals surface area (Å²) in [5, 5.41) is 0. The van der Waals surface area contributed by atoms with E-state index in [4.69, 9.17) is 9.47 Å². The maximum Gasteiger partial charge on any atom is 0.183 e. The van der Waals surface area contributed by atoms with Crippen molar-refractivity contribution in [1.29, 1.82) is 0 Å². The van der Waals surface area contributed by atoms with Crippen molar-refractivity contribution < 1.29 is 13.9 Å². The Balaban J connectivity index is 1.71. The van der Waals surface area contributed by atoms with Gasteiger partial charge in [0.1, 0.15) is 5.82 Å². The largest absolute Gasteiger partial charge is 0.348 e. The van der Waals surface area contributed by atoms with Crippen LogP contribution in [0.25, 0.3) is 11.1 Å². The molecule has 1 saturated heterocycles. The van der Waals surface area contributed by atoms with Crippen LogP contribution in [0.5, 0.6) is 0 Å². The smallest absolute Gasteiger partial charge is 0.183 e. The zero-order chi connectivity index (χ0) is 14.7. The summed E-state index contributed by atoms with van der Waals surface area (Å²) < 4.78 is 24.5. The van der Waals surface area contributed by atoms with E-state index in [-0.39, 0.29) is 12.1 Å². The third kappa shape index (κ3) is 3.31. The molecule has 0 radical (unpaired) electrons. The van der Waals surface area contributed by atoms with E-state index in [1.165, 1.54) is 12.1 Å². The summed E-state index contributed by atoms with van der Waals surface area (Å²) in [4.78, 5) is 0. The molecule has 3 heteroatoms. The van der Waals surface area contributed by atoms with Gasteiger partial charge in [-0.3, -0.25) is 0 Å². The number of hydrogen-bond acceptors (Lipinski definition) is 2. The lowest BCUT2D eigenvalue weighted by atomic mass is 10.0. The van der Waals surface area contributed by atoms with Crippen molar-refractivity contribution in [3.63, 3.8) is 0 Å². The first-order valence-electron chi connectivity index (χ1n) is 7.35. The van der Waals surface area contributed by atoms with Crippen LogP contribution in [0, 0.1) is 11.7 Å². The van der Waals surface area contributed by atoms with Crippen LogP contribution in [-0.2, 0) is 9.47 Å². The molecule has 0 aliphatic carbocycles. The number of hydrogen-bond donors (Lipinski definition) is 0. The first-order valence-corrected chi connectivity index (χ1v) is 7.35. The fraction of sp³-hybridized carbons (Fsp3) is 0.333. The van der Waals surface area contributed by atoms with Gasteiger partial charge in [0.05, 0.1) is 13.2 Å². The minimum Gasteiger partial charge on any atom is -0.348 e. The Morgan fingerprint density at radius 2 is 1.43 bits per heavy atom. The summed E-state index contributed by atoms with van der Waals surface area (Å²) in [6, 6.07) is 14.6. The maximum absolute atomic E-state index is 12.9. The van der Waals surface area contributed by atoms with E-state index >= 15 is 0 Å². The van der Waals surface area contributed by atoms with Crippen molar-refractivity contribution in [2.75, 3.05) is 13.2 Å². The van der Waals surface area contributed by atoms with Crippen LogP contribution in [0.4, 0.5) is 4.39 Å². The molecule has 0 N–H and O–H groups in total. The van der Waals surface area contributed by atoms with Gasteiger partial charge in [-0.25, -0.2) is 4.39 Å². The first-order chi connectivity index (χ1) is 10.3. The quantitative estimate of drug-likeness (QED) is 0.823. The fourth-order valence-electron chi connectivity index (χ4n) is 2.45. The van der Waals surface area contributed by atoms with Crippen LogP contribution in [0.3, 0.4) is 0 Å². The molecule has 1 heterocycles. The molecule has 0 amide bonds. The minimum absolute atomic E-state index is 0.218. The topological polar surface area (TPSA) is 18.5 Å². The summed E-state index contributed by atoms with van der Waals surface area (Å²) in [6.07, 6.45) is 0.811. The highest BCUT2D eigenvalue weighted by molar-refractivity contribution is 5.63. The summed E-state index contributed by atoms with van der Waals surface area (Å²) >= 11 is 0. The van der Waals surface area contributed by atoms with E-state index in [9.17, 15) is 4.39 Å². The van der Waals surface area contributed by atoms with Crippen molar-refractivity contribution in [2.24, 2.45) is 5.92 Å². The van der Waals surface area contributed by atoms with E-state index in [0.29, 0.717) is 5.92 Å². The summed E-state index contributed by atoms with van der Waals surface area (Å²) in [7, 11) is 0. The Hall–Kier alpha value is -1.71. The second-order valence-corrected chi connectivity index (χ2v) is 5.40. The lowest BCUT2D eigenvalue weighted by Crippen LogP contribution is -2.26. The minimum atomic E-state index is -0.268. The van der Waals surface area contributed by atoms with Crippen LogP contribution < -0.4 is 0 Å². The molecule has 1 aliphatic rings. The molecular formula is C18H19FO2. The summed E-state index contributed by atoms with van der Waals surface area (Å²) in [5.74, 6) is 0.282. The molecular weight excluding hydrogens is 267 g/mol. The molecule has 110 valence electrons. The highest BCUT2D eigenvalue weighted by atomic mass is 19.1. The number of ether oxygens (including phenoxy) is 2. The van der Waals surface area contributed by atoms with E-state index in [1.54, 1.807) is 12.1 Å². The van der Waals surface area contributed by atoms with Gasteiger partial charge < -0.3 is 9.47 Å². The Morgan fingerprint density at radius 3 is 1.95 bits per heavy atom. The molecule has 0 aromatic heterocycles. The highest BCUT2D eigenvalue weighted by Crippen LogP contribution is 2.28. The zero-order valence-corrected chi connectivity index (χ0v) is 12.1. The van der Waals surface area contributed by atoms with E-state index < -0.39 is 0 Å². The molecule has 0 saturated carbocycles. The SMILES string of the molecule is CCC1COC(c2ccc(-c3ccc(F)cc3)cc2)OC1. The van der Waals surface area contributed by atoms with Crippen LogP contribution >= 0.6 is 0 Å². The van der Waals surface area contributed by atoms with Crippen molar-refractivity contribution >= 4 is 0 Å². The highest BCUT2D eigenvalue weighted by Gasteiger charge is 2.22. The monoisotopic (exact) mass is 286 g/mol. The molecule has 3 rings (SSSR count). The number of benzene rings is 2. The molecule has 2 aromatic carbocycles. The van der Waals surface area contributed by atoms with Crippen molar-refractivity contribution in [3.8, 4) is 11.1 Å². The number of halogens is 1. The fourth-order valence-corrected chi connectivity index (χ4v) is 2.45.